The Bertz CT molecular complexity index is 548. The monoisotopic (exact) mass is 321 g/mol. The number of rotatable bonds is 5. The normalized spacial score (nSPS) is 11.7. The molecule has 1 rings (SSSR count). The van der Waals surface area contributed by atoms with Gasteiger partial charge in [0.1, 0.15) is 4.90 Å². The van der Waals surface area contributed by atoms with Crippen molar-refractivity contribution in [3.8, 4) is 0 Å². The molecule has 0 aliphatic rings. The van der Waals surface area contributed by atoms with Crippen LogP contribution < -0.4 is 5.56 Å². The van der Waals surface area contributed by atoms with Crippen LogP contribution in [0, 0.1) is 0 Å². The minimum Gasteiger partial charge on any atom is -0.313 e. The third kappa shape index (κ3) is 3.42. The highest BCUT2D eigenvalue weighted by molar-refractivity contribution is 9.10. The first-order valence-corrected chi connectivity index (χ1v) is 7.99. The lowest BCUT2D eigenvalue weighted by atomic mass is 10.3. The minimum absolute atomic E-state index is 0.0630. The Morgan fingerprint density at radius 2 is 2.00 bits per heavy atom. The van der Waals surface area contributed by atoms with E-state index < -0.39 is 15.4 Å². The maximum Gasteiger partial charge on any atom is 0.269 e. The molecule has 17 heavy (non-hydrogen) atoms. The van der Waals surface area contributed by atoms with Gasteiger partial charge in [-0.1, -0.05) is 20.3 Å². The number of unbranched alkanes of at least 4 members (excludes halogenated alkanes) is 1. The standard InChI is InChI=1S/C11H16BrNO3S/c1-3-5-6-13-8-9(12)7-10(11(13)14)17(15,16)4-2/h7-8H,3-6H2,1-2H3. The largest absolute Gasteiger partial charge is 0.313 e. The molecule has 0 atom stereocenters. The molecule has 0 aliphatic heterocycles. The highest BCUT2D eigenvalue weighted by Gasteiger charge is 2.18. The van der Waals surface area contributed by atoms with Gasteiger partial charge in [0.05, 0.1) is 5.75 Å². The number of aryl methyl sites for hydroxylation is 1. The second kappa shape index (κ2) is 5.82. The molecule has 0 radical (unpaired) electrons. The number of pyridine rings is 1. The van der Waals surface area contributed by atoms with E-state index in [4.69, 9.17) is 0 Å². The molecule has 0 amide bonds. The molecule has 0 unspecified atom stereocenters. The number of hydrogen-bond acceptors (Lipinski definition) is 3. The van der Waals surface area contributed by atoms with E-state index in [-0.39, 0.29) is 10.6 Å². The van der Waals surface area contributed by atoms with Crippen molar-refractivity contribution in [3.63, 3.8) is 0 Å². The summed E-state index contributed by atoms with van der Waals surface area (Å²) in [6, 6.07) is 1.38. The molecule has 4 nitrogen and oxygen atoms in total. The van der Waals surface area contributed by atoms with Crippen LogP contribution in [0.25, 0.3) is 0 Å². The summed E-state index contributed by atoms with van der Waals surface area (Å²) in [6.07, 6.45) is 3.43. The van der Waals surface area contributed by atoms with Crippen LogP contribution in [0.3, 0.4) is 0 Å². The van der Waals surface area contributed by atoms with Gasteiger partial charge in [-0.3, -0.25) is 4.79 Å². The minimum atomic E-state index is -3.46. The molecular formula is C11H16BrNO3S. The van der Waals surface area contributed by atoms with Crippen LogP contribution in [0.5, 0.6) is 0 Å². The van der Waals surface area contributed by atoms with Gasteiger partial charge in [-0.05, 0) is 28.4 Å². The SMILES string of the molecule is CCCCn1cc(Br)cc(S(=O)(=O)CC)c1=O. The van der Waals surface area contributed by atoms with Gasteiger partial charge in [0.25, 0.3) is 5.56 Å². The van der Waals surface area contributed by atoms with Crippen molar-refractivity contribution in [1.29, 1.82) is 0 Å². The summed E-state index contributed by atoms with van der Waals surface area (Å²) in [6.45, 7) is 4.10. The number of hydrogen-bond donors (Lipinski definition) is 0. The fourth-order valence-corrected chi connectivity index (χ4v) is 3.07. The van der Waals surface area contributed by atoms with E-state index in [1.165, 1.54) is 17.6 Å². The van der Waals surface area contributed by atoms with Crippen molar-refractivity contribution in [2.24, 2.45) is 0 Å². The van der Waals surface area contributed by atoms with Crippen LogP contribution >= 0.6 is 15.9 Å². The molecule has 0 aromatic carbocycles. The highest BCUT2D eigenvalue weighted by atomic mass is 79.9. The fourth-order valence-electron chi connectivity index (χ4n) is 1.45. The third-order valence-electron chi connectivity index (χ3n) is 2.49. The van der Waals surface area contributed by atoms with E-state index in [1.807, 2.05) is 6.92 Å². The lowest BCUT2D eigenvalue weighted by Crippen LogP contribution is -2.26. The zero-order valence-corrected chi connectivity index (χ0v) is 12.3. The van der Waals surface area contributed by atoms with Crippen molar-refractivity contribution in [3.05, 3.63) is 27.1 Å². The summed E-state index contributed by atoms with van der Waals surface area (Å²) in [5.41, 5.74) is -0.427. The zero-order valence-electron chi connectivity index (χ0n) is 9.94. The Morgan fingerprint density at radius 1 is 1.35 bits per heavy atom. The quantitative estimate of drug-likeness (QED) is 0.835. The van der Waals surface area contributed by atoms with Gasteiger partial charge in [0, 0.05) is 17.2 Å². The number of halogens is 1. The van der Waals surface area contributed by atoms with Gasteiger partial charge >= 0.3 is 0 Å². The molecule has 96 valence electrons. The van der Waals surface area contributed by atoms with Gasteiger partial charge in [-0.2, -0.15) is 0 Å². The Labute approximate surface area is 110 Å². The molecule has 0 bridgehead atoms. The smallest absolute Gasteiger partial charge is 0.269 e. The van der Waals surface area contributed by atoms with Crippen molar-refractivity contribution in [1.82, 2.24) is 4.57 Å². The summed E-state index contributed by atoms with van der Waals surface area (Å²) < 4.78 is 25.6. The second-order valence-electron chi connectivity index (χ2n) is 3.78. The predicted molar refractivity (Wildman–Crippen MR) is 71.0 cm³/mol. The Morgan fingerprint density at radius 3 is 2.53 bits per heavy atom. The van der Waals surface area contributed by atoms with Crippen LogP contribution in [0.1, 0.15) is 26.7 Å². The maximum absolute atomic E-state index is 12.0. The Kier molecular flexibility index (Phi) is 4.94. The van der Waals surface area contributed by atoms with Gasteiger partial charge in [-0.15, -0.1) is 0 Å². The van der Waals surface area contributed by atoms with Crippen molar-refractivity contribution >= 4 is 25.8 Å². The van der Waals surface area contributed by atoms with E-state index in [1.54, 1.807) is 6.20 Å². The lowest BCUT2D eigenvalue weighted by Gasteiger charge is -2.08. The summed E-state index contributed by atoms with van der Waals surface area (Å²) in [5, 5.41) is 0. The molecule has 1 heterocycles. The Balaban J connectivity index is 3.34. The first-order chi connectivity index (χ1) is 7.92. The molecule has 0 saturated carbocycles. The Hall–Kier alpha value is -0.620. The lowest BCUT2D eigenvalue weighted by molar-refractivity contribution is 0.581. The van der Waals surface area contributed by atoms with Gasteiger partial charge in [-0.25, -0.2) is 8.42 Å². The summed E-state index contributed by atoms with van der Waals surface area (Å²) in [4.78, 5) is 11.9. The van der Waals surface area contributed by atoms with E-state index in [9.17, 15) is 13.2 Å². The molecule has 0 saturated heterocycles. The average molecular weight is 322 g/mol. The van der Waals surface area contributed by atoms with E-state index in [2.05, 4.69) is 15.9 Å². The van der Waals surface area contributed by atoms with Crippen LogP contribution in [0.2, 0.25) is 0 Å². The highest BCUT2D eigenvalue weighted by Crippen LogP contribution is 2.14. The molecule has 1 aromatic heterocycles. The molecular weight excluding hydrogens is 306 g/mol. The molecule has 0 spiro atoms. The first kappa shape index (κ1) is 14.4. The number of nitrogens with zero attached hydrogens (tertiary/aromatic N) is 1. The van der Waals surface area contributed by atoms with Gasteiger partial charge in [0.2, 0.25) is 0 Å². The summed E-state index contributed by atoms with van der Waals surface area (Å²) >= 11 is 3.24. The number of sulfone groups is 1. The molecule has 1 aromatic rings. The first-order valence-electron chi connectivity index (χ1n) is 5.55. The van der Waals surface area contributed by atoms with Crippen LogP contribution in [0.4, 0.5) is 0 Å². The van der Waals surface area contributed by atoms with E-state index >= 15 is 0 Å². The van der Waals surface area contributed by atoms with Crippen molar-refractivity contribution in [2.45, 2.75) is 38.1 Å². The molecule has 6 heteroatoms. The zero-order chi connectivity index (χ0) is 13.1. The van der Waals surface area contributed by atoms with Crippen LogP contribution in [0.15, 0.2) is 26.4 Å². The van der Waals surface area contributed by atoms with Crippen LogP contribution in [-0.4, -0.2) is 18.7 Å². The van der Waals surface area contributed by atoms with Crippen LogP contribution in [-0.2, 0) is 16.4 Å². The predicted octanol–water partition coefficient (Wildman–Crippen LogP) is 2.20. The topological polar surface area (TPSA) is 56.1 Å². The third-order valence-corrected chi connectivity index (χ3v) is 4.64. The van der Waals surface area contributed by atoms with Crippen molar-refractivity contribution < 1.29 is 8.42 Å². The van der Waals surface area contributed by atoms with Gasteiger partial charge in [0.15, 0.2) is 9.84 Å². The maximum atomic E-state index is 12.0. The van der Waals surface area contributed by atoms with E-state index in [0.29, 0.717) is 11.0 Å². The van der Waals surface area contributed by atoms with Crippen molar-refractivity contribution in [2.75, 3.05) is 5.75 Å². The fraction of sp³-hybridized carbons (Fsp3) is 0.545. The second-order valence-corrected chi connectivity index (χ2v) is 6.94. The van der Waals surface area contributed by atoms with E-state index in [0.717, 1.165) is 12.8 Å². The molecule has 0 fully saturated rings. The summed E-state index contributed by atoms with van der Waals surface area (Å²) in [7, 11) is -3.46. The molecule has 0 N–H and O–H groups in total. The average Bonchev–Trinajstić information content (AvgIpc) is 2.29. The number of aromatic nitrogens is 1. The van der Waals surface area contributed by atoms with Gasteiger partial charge < -0.3 is 4.57 Å². The summed E-state index contributed by atoms with van der Waals surface area (Å²) in [5.74, 6) is -0.0630. The molecule has 0 aliphatic carbocycles.